The minimum Gasteiger partial charge on any atom is -0.326 e. The predicted molar refractivity (Wildman–Crippen MR) is 59.4 cm³/mol. The zero-order valence-electron chi connectivity index (χ0n) is 8.57. The van der Waals surface area contributed by atoms with Crippen molar-refractivity contribution >= 4 is 11.3 Å². The molecular weight excluding hydrogens is 194 g/mol. The molecular formula is C10H17N3S. The molecule has 1 fully saturated rings. The quantitative estimate of drug-likeness (QED) is 0.818. The normalized spacial score (nSPS) is 23.1. The lowest BCUT2D eigenvalue weighted by atomic mass is 10.1. The van der Waals surface area contributed by atoms with Crippen molar-refractivity contribution in [1.29, 1.82) is 0 Å². The minimum absolute atomic E-state index is 0.623. The number of likely N-dealkylation sites (N-methyl/N-ethyl adjacent to an activating group) is 1. The molecule has 0 aliphatic carbocycles. The van der Waals surface area contributed by atoms with Gasteiger partial charge < -0.3 is 10.6 Å². The van der Waals surface area contributed by atoms with Gasteiger partial charge in [0.05, 0.1) is 5.01 Å². The van der Waals surface area contributed by atoms with Crippen LogP contribution >= 0.6 is 11.3 Å². The van der Waals surface area contributed by atoms with E-state index in [1.54, 1.807) is 11.3 Å². The van der Waals surface area contributed by atoms with Crippen LogP contribution in [0.1, 0.15) is 22.7 Å². The molecule has 1 unspecified atom stereocenters. The Balaban J connectivity index is 1.96. The van der Waals surface area contributed by atoms with Gasteiger partial charge in [-0.1, -0.05) is 0 Å². The molecule has 1 saturated heterocycles. The number of hydrogen-bond acceptors (Lipinski definition) is 4. The van der Waals surface area contributed by atoms with E-state index in [0.29, 0.717) is 12.6 Å². The first-order valence-electron chi connectivity index (χ1n) is 5.13. The van der Waals surface area contributed by atoms with Crippen LogP contribution in [0.15, 0.2) is 6.20 Å². The number of likely N-dealkylation sites (tertiary alicyclic amines) is 1. The zero-order valence-corrected chi connectivity index (χ0v) is 9.39. The van der Waals surface area contributed by atoms with Crippen LogP contribution in [0.4, 0.5) is 0 Å². The Morgan fingerprint density at radius 3 is 3.14 bits per heavy atom. The highest BCUT2D eigenvalue weighted by Crippen LogP contribution is 2.21. The second-order valence-electron chi connectivity index (χ2n) is 3.91. The highest BCUT2D eigenvalue weighted by Gasteiger charge is 2.21. The predicted octanol–water partition coefficient (Wildman–Crippen LogP) is 1.24. The van der Waals surface area contributed by atoms with Crippen LogP contribution in [0.5, 0.6) is 0 Å². The van der Waals surface area contributed by atoms with Crippen molar-refractivity contribution < 1.29 is 0 Å². The van der Waals surface area contributed by atoms with Gasteiger partial charge in [0.25, 0.3) is 0 Å². The van der Waals surface area contributed by atoms with E-state index in [9.17, 15) is 0 Å². The van der Waals surface area contributed by atoms with Crippen LogP contribution in [-0.2, 0) is 13.0 Å². The van der Waals surface area contributed by atoms with Crippen molar-refractivity contribution in [1.82, 2.24) is 9.88 Å². The maximum absolute atomic E-state index is 5.56. The van der Waals surface area contributed by atoms with Gasteiger partial charge in [0.1, 0.15) is 0 Å². The van der Waals surface area contributed by atoms with Crippen molar-refractivity contribution in [2.75, 3.05) is 13.6 Å². The monoisotopic (exact) mass is 211 g/mol. The Kier molecular flexibility index (Phi) is 3.15. The fourth-order valence-corrected chi connectivity index (χ4v) is 2.85. The van der Waals surface area contributed by atoms with Gasteiger partial charge in [-0.2, -0.15) is 0 Å². The van der Waals surface area contributed by atoms with Gasteiger partial charge in [-0.15, -0.1) is 11.3 Å². The number of thiazole rings is 1. The maximum atomic E-state index is 5.56. The summed E-state index contributed by atoms with van der Waals surface area (Å²) in [6, 6.07) is 0.701. The molecule has 4 heteroatoms. The van der Waals surface area contributed by atoms with Crippen molar-refractivity contribution in [3.05, 3.63) is 16.1 Å². The molecule has 1 aliphatic rings. The van der Waals surface area contributed by atoms with Gasteiger partial charge >= 0.3 is 0 Å². The number of aromatic nitrogens is 1. The smallest absolute Gasteiger partial charge is 0.0943 e. The Morgan fingerprint density at radius 1 is 1.71 bits per heavy atom. The Bertz CT molecular complexity index is 297. The molecule has 3 nitrogen and oxygen atoms in total. The summed E-state index contributed by atoms with van der Waals surface area (Å²) in [5.41, 5.74) is 5.56. The molecule has 2 rings (SSSR count). The summed E-state index contributed by atoms with van der Waals surface area (Å²) >= 11 is 1.76. The van der Waals surface area contributed by atoms with E-state index in [2.05, 4.69) is 16.9 Å². The second-order valence-corrected chi connectivity index (χ2v) is 5.10. The van der Waals surface area contributed by atoms with Crippen molar-refractivity contribution in [2.45, 2.75) is 31.8 Å². The highest BCUT2D eigenvalue weighted by molar-refractivity contribution is 7.11. The molecule has 1 aromatic heterocycles. The molecule has 2 heterocycles. The molecule has 1 atom stereocenters. The zero-order chi connectivity index (χ0) is 9.97. The molecule has 2 N–H and O–H groups in total. The van der Waals surface area contributed by atoms with E-state index in [1.165, 1.54) is 29.3 Å². The number of nitrogens with zero attached hydrogens (tertiary/aromatic N) is 2. The van der Waals surface area contributed by atoms with Crippen LogP contribution in [-0.4, -0.2) is 29.5 Å². The number of hydrogen-bond donors (Lipinski definition) is 1. The summed E-state index contributed by atoms with van der Waals surface area (Å²) in [6.07, 6.45) is 5.65. The first kappa shape index (κ1) is 10.1. The molecule has 0 aromatic carbocycles. The van der Waals surface area contributed by atoms with Crippen molar-refractivity contribution in [3.8, 4) is 0 Å². The summed E-state index contributed by atoms with van der Waals surface area (Å²) in [4.78, 5) is 8.03. The lowest BCUT2D eigenvalue weighted by Gasteiger charge is -2.17. The van der Waals surface area contributed by atoms with Crippen LogP contribution in [0.2, 0.25) is 0 Å². The third-order valence-electron chi connectivity index (χ3n) is 2.88. The molecule has 1 aliphatic heterocycles. The molecule has 0 radical (unpaired) electrons. The third-order valence-corrected chi connectivity index (χ3v) is 3.93. The first-order chi connectivity index (χ1) is 6.79. The molecule has 0 bridgehead atoms. The molecule has 0 spiro atoms. The molecule has 14 heavy (non-hydrogen) atoms. The van der Waals surface area contributed by atoms with Crippen molar-refractivity contribution in [2.24, 2.45) is 5.73 Å². The lowest BCUT2D eigenvalue weighted by molar-refractivity contribution is 0.309. The highest BCUT2D eigenvalue weighted by atomic mass is 32.1. The largest absolute Gasteiger partial charge is 0.326 e. The van der Waals surface area contributed by atoms with Crippen LogP contribution in [0, 0.1) is 0 Å². The van der Waals surface area contributed by atoms with Crippen LogP contribution in [0.25, 0.3) is 0 Å². The average Bonchev–Trinajstić information content (AvgIpc) is 2.77. The number of rotatable bonds is 3. The summed E-state index contributed by atoms with van der Waals surface area (Å²) in [5, 5.41) is 1.24. The van der Waals surface area contributed by atoms with Crippen LogP contribution in [0.3, 0.4) is 0 Å². The summed E-state index contributed by atoms with van der Waals surface area (Å²) in [6.45, 7) is 1.86. The van der Waals surface area contributed by atoms with Crippen molar-refractivity contribution in [3.63, 3.8) is 0 Å². The van der Waals surface area contributed by atoms with E-state index in [0.717, 1.165) is 6.42 Å². The van der Waals surface area contributed by atoms with E-state index >= 15 is 0 Å². The fourth-order valence-electron chi connectivity index (χ4n) is 1.98. The van der Waals surface area contributed by atoms with Gasteiger partial charge in [0, 0.05) is 30.1 Å². The van der Waals surface area contributed by atoms with Gasteiger partial charge in [-0.3, -0.25) is 0 Å². The van der Waals surface area contributed by atoms with Gasteiger partial charge in [0.2, 0.25) is 0 Å². The summed E-state index contributed by atoms with van der Waals surface area (Å²) < 4.78 is 0. The Labute approximate surface area is 88.9 Å². The molecule has 1 aromatic rings. The van der Waals surface area contributed by atoms with E-state index in [4.69, 9.17) is 5.73 Å². The Morgan fingerprint density at radius 2 is 2.57 bits per heavy atom. The molecule has 0 amide bonds. The summed E-state index contributed by atoms with van der Waals surface area (Å²) in [5.74, 6) is 0. The Hall–Kier alpha value is -0.450. The fraction of sp³-hybridized carbons (Fsp3) is 0.700. The second kappa shape index (κ2) is 4.38. The standard InChI is InChI=1S/C10H17N3S/c1-13-4-2-3-8(13)5-10-12-7-9(6-11)14-10/h7-8H,2-6,11H2,1H3. The summed E-state index contributed by atoms with van der Waals surface area (Å²) in [7, 11) is 2.20. The van der Waals surface area contributed by atoms with Crippen LogP contribution < -0.4 is 5.73 Å². The van der Waals surface area contributed by atoms with E-state index in [-0.39, 0.29) is 0 Å². The average molecular weight is 211 g/mol. The van der Waals surface area contributed by atoms with E-state index in [1.807, 2.05) is 6.20 Å². The van der Waals surface area contributed by atoms with Gasteiger partial charge in [-0.25, -0.2) is 4.98 Å². The molecule has 0 saturated carbocycles. The SMILES string of the molecule is CN1CCCC1Cc1ncc(CN)s1. The topological polar surface area (TPSA) is 42.2 Å². The molecule has 78 valence electrons. The van der Waals surface area contributed by atoms with E-state index < -0.39 is 0 Å². The third kappa shape index (κ3) is 2.13. The van der Waals surface area contributed by atoms with Gasteiger partial charge in [-0.05, 0) is 26.4 Å². The van der Waals surface area contributed by atoms with Gasteiger partial charge in [0.15, 0.2) is 0 Å². The lowest BCUT2D eigenvalue weighted by Crippen LogP contribution is -2.26. The maximum Gasteiger partial charge on any atom is 0.0943 e. The first-order valence-corrected chi connectivity index (χ1v) is 5.95. The minimum atomic E-state index is 0.623. The number of nitrogens with two attached hydrogens (primary N) is 1.